The first kappa shape index (κ1) is 17.1. The molecule has 0 aromatic rings. The lowest BCUT2D eigenvalue weighted by Crippen LogP contribution is -2.06. The van der Waals surface area contributed by atoms with Crippen molar-refractivity contribution >= 4 is 12.4 Å². The summed E-state index contributed by atoms with van der Waals surface area (Å²) in [5.74, 6) is -0.833. The highest BCUT2D eigenvalue weighted by molar-refractivity contribution is 5.62. The summed E-state index contributed by atoms with van der Waals surface area (Å²) >= 11 is 0. The highest BCUT2D eigenvalue weighted by Gasteiger charge is 1.68. The van der Waals surface area contributed by atoms with E-state index in [0.29, 0.717) is 0 Å². The molecule has 0 unspecified atom stereocenters. The van der Waals surface area contributed by atoms with Crippen molar-refractivity contribution in [1.29, 1.82) is 0 Å². The number of amides is 1. The van der Waals surface area contributed by atoms with Crippen molar-refractivity contribution in [2.24, 2.45) is 0 Å². The summed E-state index contributed by atoms with van der Waals surface area (Å²) in [7, 11) is 7.12. The molecular formula is C7H18N2O3. The van der Waals surface area contributed by atoms with E-state index in [9.17, 15) is 4.79 Å². The molecular weight excluding hydrogens is 160 g/mol. The lowest BCUT2D eigenvalue weighted by molar-refractivity contribution is -0.134. The van der Waals surface area contributed by atoms with Gasteiger partial charge in [0.1, 0.15) is 0 Å². The number of hydrogen-bond donors (Lipinski definition) is 2. The molecule has 2 N–H and O–H groups in total. The Kier molecular flexibility index (Phi) is 23.5. The smallest absolute Gasteiger partial charge is 0.300 e. The van der Waals surface area contributed by atoms with E-state index in [1.54, 1.807) is 14.1 Å². The third kappa shape index (κ3) is 686. The first-order valence-electron chi connectivity index (χ1n) is 3.32. The van der Waals surface area contributed by atoms with Gasteiger partial charge in [-0.05, 0) is 14.1 Å². The second kappa shape index (κ2) is 16.5. The number of aliphatic carboxylic acids is 1. The molecule has 0 aromatic carbocycles. The van der Waals surface area contributed by atoms with Gasteiger partial charge in [-0.25, -0.2) is 0 Å². The first-order valence-corrected chi connectivity index (χ1v) is 3.32. The molecule has 0 atom stereocenters. The fourth-order valence-electron chi connectivity index (χ4n) is 0. The minimum Gasteiger partial charge on any atom is -0.481 e. The molecule has 74 valence electrons. The Bertz CT molecular complexity index is 101. The topological polar surface area (TPSA) is 69.6 Å². The summed E-state index contributed by atoms with van der Waals surface area (Å²) in [5.41, 5.74) is 0. The molecule has 0 saturated heterocycles. The van der Waals surface area contributed by atoms with E-state index >= 15 is 0 Å². The van der Waals surface area contributed by atoms with E-state index in [1.807, 2.05) is 14.1 Å². The summed E-state index contributed by atoms with van der Waals surface area (Å²) in [6.07, 6.45) is 0.750. The minimum absolute atomic E-state index is 0.750. The molecule has 5 nitrogen and oxygen atoms in total. The van der Waals surface area contributed by atoms with Crippen LogP contribution in [0.5, 0.6) is 0 Å². The maximum absolute atomic E-state index is 9.43. The second-order valence-electron chi connectivity index (χ2n) is 2.09. The van der Waals surface area contributed by atoms with Crippen molar-refractivity contribution in [3.8, 4) is 0 Å². The van der Waals surface area contributed by atoms with Crippen LogP contribution in [0.15, 0.2) is 0 Å². The van der Waals surface area contributed by atoms with Crippen molar-refractivity contribution in [2.45, 2.75) is 6.92 Å². The average Bonchev–Trinajstić information content (AvgIpc) is 1.88. The SMILES string of the molecule is CC(=O)O.CN(C)C=O.CNC. The number of carbonyl (C=O) groups excluding carboxylic acids is 1. The number of rotatable bonds is 1. The Morgan fingerprint density at radius 1 is 1.42 bits per heavy atom. The highest BCUT2D eigenvalue weighted by Crippen LogP contribution is 1.52. The van der Waals surface area contributed by atoms with Crippen LogP contribution >= 0.6 is 0 Å². The number of carboxylic acid groups (broad SMARTS) is 1. The van der Waals surface area contributed by atoms with Crippen molar-refractivity contribution in [3.05, 3.63) is 0 Å². The normalized spacial score (nSPS) is 6.42. The molecule has 0 aliphatic heterocycles. The van der Waals surface area contributed by atoms with Crippen molar-refractivity contribution in [2.75, 3.05) is 28.2 Å². The van der Waals surface area contributed by atoms with E-state index in [4.69, 9.17) is 9.90 Å². The molecule has 0 spiro atoms. The molecule has 0 fully saturated rings. The molecule has 0 rings (SSSR count). The predicted molar refractivity (Wildman–Crippen MR) is 48.0 cm³/mol. The standard InChI is InChI=1S/C3H7NO.C2H7N.C2H4O2/c1-4(2)3-5;1-3-2;1-2(3)4/h3H,1-2H3;3H,1-2H3;1H3,(H,3,4). The number of hydrogen-bond acceptors (Lipinski definition) is 3. The summed E-state index contributed by atoms with van der Waals surface area (Å²) in [6, 6.07) is 0. The quantitative estimate of drug-likeness (QED) is 0.537. The zero-order chi connectivity index (χ0) is 10.6. The molecule has 0 aliphatic rings. The van der Waals surface area contributed by atoms with Gasteiger partial charge < -0.3 is 15.3 Å². The molecule has 0 saturated carbocycles. The maximum Gasteiger partial charge on any atom is 0.300 e. The predicted octanol–water partition coefficient (Wildman–Crippen LogP) is -0.369. The van der Waals surface area contributed by atoms with E-state index in [1.165, 1.54) is 4.90 Å². The summed E-state index contributed by atoms with van der Waals surface area (Å²) in [5, 5.41) is 10.2. The van der Waals surface area contributed by atoms with E-state index in [0.717, 1.165) is 13.3 Å². The van der Waals surface area contributed by atoms with Gasteiger partial charge in [0.25, 0.3) is 5.97 Å². The van der Waals surface area contributed by atoms with Crippen LogP contribution in [0.2, 0.25) is 0 Å². The molecule has 12 heavy (non-hydrogen) atoms. The Balaban J connectivity index is -0.000000105. The Morgan fingerprint density at radius 2 is 1.50 bits per heavy atom. The summed E-state index contributed by atoms with van der Waals surface area (Å²) in [4.78, 5) is 19.9. The fraction of sp³-hybridized carbons (Fsp3) is 0.714. The fourth-order valence-corrected chi connectivity index (χ4v) is 0. The second-order valence-corrected chi connectivity index (χ2v) is 2.09. The molecule has 0 radical (unpaired) electrons. The van der Waals surface area contributed by atoms with Crippen LogP contribution in [0.4, 0.5) is 0 Å². The third-order valence-electron chi connectivity index (χ3n) is 0.211. The van der Waals surface area contributed by atoms with Crippen LogP contribution in [0.25, 0.3) is 0 Å². The van der Waals surface area contributed by atoms with Gasteiger partial charge in [-0.3, -0.25) is 9.59 Å². The molecule has 0 aromatic heterocycles. The Labute approximate surface area is 73.4 Å². The molecule has 1 amide bonds. The van der Waals surface area contributed by atoms with Crippen LogP contribution in [-0.4, -0.2) is 50.6 Å². The van der Waals surface area contributed by atoms with Crippen LogP contribution in [0.3, 0.4) is 0 Å². The molecule has 0 heterocycles. The van der Waals surface area contributed by atoms with E-state index in [-0.39, 0.29) is 0 Å². The molecule has 0 bridgehead atoms. The lowest BCUT2D eigenvalue weighted by Gasteiger charge is -1.93. The zero-order valence-electron chi connectivity index (χ0n) is 8.29. The Morgan fingerprint density at radius 3 is 1.50 bits per heavy atom. The molecule has 5 heteroatoms. The van der Waals surface area contributed by atoms with Gasteiger partial charge in [0, 0.05) is 21.0 Å². The van der Waals surface area contributed by atoms with Gasteiger partial charge in [-0.15, -0.1) is 0 Å². The Hall–Kier alpha value is -1.10. The van der Waals surface area contributed by atoms with Gasteiger partial charge in [0.2, 0.25) is 6.41 Å². The van der Waals surface area contributed by atoms with Crippen LogP contribution in [0, 0.1) is 0 Å². The van der Waals surface area contributed by atoms with Crippen molar-refractivity contribution in [1.82, 2.24) is 10.2 Å². The van der Waals surface area contributed by atoms with Gasteiger partial charge in [-0.2, -0.15) is 0 Å². The van der Waals surface area contributed by atoms with Gasteiger partial charge in [0.05, 0.1) is 0 Å². The van der Waals surface area contributed by atoms with Crippen LogP contribution in [-0.2, 0) is 9.59 Å². The first-order chi connectivity index (χ1) is 5.42. The van der Waals surface area contributed by atoms with E-state index < -0.39 is 5.97 Å². The third-order valence-corrected chi connectivity index (χ3v) is 0.211. The van der Waals surface area contributed by atoms with Gasteiger partial charge in [0.15, 0.2) is 0 Å². The highest BCUT2D eigenvalue weighted by atomic mass is 16.4. The monoisotopic (exact) mass is 178 g/mol. The summed E-state index contributed by atoms with van der Waals surface area (Å²) < 4.78 is 0. The largest absolute Gasteiger partial charge is 0.481 e. The molecule has 0 aliphatic carbocycles. The zero-order valence-corrected chi connectivity index (χ0v) is 8.29. The minimum atomic E-state index is -0.833. The maximum atomic E-state index is 9.43. The number of nitrogens with zero attached hydrogens (tertiary/aromatic N) is 1. The van der Waals surface area contributed by atoms with Crippen molar-refractivity contribution < 1.29 is 14.7 Å². The number of carbonyl (C=O) groups is 2. The van der Waals surface area contributed by atoms with Gasteiger partial charge in [-0.1, -0.05) is 0 Å². The van der Waals surface area contributed by atoms with Crippen LogP contribution in [0.1, 0.15) is 6.92 Å². The lowest BCUT2D eigenvalue weighted by atomic mass is 10.9. The van der Waals surface area contributed by atoms with Crippen molar-refractivity contribution in [3.63, 3.8) is 0 Å². The average molecular weight is 178 g/mol. The van der Waals surface area contributed by atoms with E-state index in [2.05, 4.69) is 5.32 Å². The van der Waals surface area contributed by atoms with Gasteiger partial charge >= 0.3 is 0 Å². The summed E-state index contributed by atoms with van der Waals surface area (Å²) in [6.45, 7) is 1.08. The number of carboxylic acids is 1. The van der Waals surface area contributed by atoms with Crippen LogP contribution < -0.4 is 5.32 Å². The number of nitrogens with one attached hydrogen (secondary N) is 1.